The average molecular weight is 355 g/mol. The van der Waals surface area contributed by atoms with Crippen molar-refractivity contribution in [3.05, 3.63) is 35.9 Å². The minimum Gasteiger partial charge on any atom is -0.315 e. The predicted molar refractivity (Wildman–Crippen MR) is 66.4 cm³/mol. The lowest BCUT2D eigenvalue weighted by Gasteiger charge is -2.05. The maximum absolute atomic E-state index is 11.3. The van der Waals surface area contributed by atoms with E-state index >= 15 is 0 Å². The third-order valence-electron chi connectivity index (χ3n) is 1.50. The van der Waals surface area contributed by atoms with Crippen molar-refractivity contribution < 1.29 is 9.63 Å². The first-order valence-corrected chi connectivity index (χ1v) is 5.92. The molecule has 0 bridgehead atoms. The van der Waals surface area contributed by atoms with E-state index < -0.39 is 11.3 Å². The Morgan fingerprint density at radius 1 is 1.33 bits per heavy atom. The van der Waals surface area contributed by atoms with E-state index in [-0.39, 0.29) is 0 Å². The topological polar surface area (TPSA) is 38.7 Å². The van der Waals surface area contributed by atoms with Gasteiger partial charge >= 0.3 is 5.97 Å². The Balaban J connectivity index is 2.65. The van der Waals surface area contributed by atoms with Crippen LogP contribution in [0.2, 0.25) is 0 Å². The molecule has 80 valence electrons. The molecule has 1 aromatic carbocycles. The molecular formula is C9H6Br2ClNO2. The number of carbonyl (C=O) groups is 1. The van der Waals surface area contributed by atoms with Crippen LogP contribution in [0.5, 0.6) is 0 Å². The summed E-state index contributed by atoms with van der Waals surface area (Å²) in [6, 6.07) is 8.91. The van der Waals surface area contributed by atoms with Crippen LogP contribution in [0.1, 0.15) is 10.9 Å². The minimum atomic E-state index is -0.852. The number of rotatable bonds is 3. The van der Waals surface area contributed by atoms with Crippen LogP contribution in [-0.2, 0) is 9.63 Å². The van der Waals surface area contributed by atoms with Gasteiger partial charge in [-0.3, -0.25) is 0 Å². The van der Waals surface area contributed by atoms with E-state index in [1.165, 1.54) is 0 Å². The number of oxime groups is 1. The molecule has 0 heterocycles. The predicted octanol–water partition coefficient (Wildman–Crippen LogP) is 3.57. The van der Waals surface area contributed by atoms with Gasteiger partial charge in [-0.15, -0.1) is 11.6 Å². The van der Waals surface area contributed by atoms with Gasteiger partial charge in [-0.25, -0.2) is 4.79 Å². The normalized spacial score (nSPS) is 11.7. The largest absolute Gasteiger partial charge is 0.357 e. The average Bonchev–Trinajstić information content (AvgIpc) is 2.26. The van der Waals surface area contributed by atoms with E-state index in [1.54, 1.807) is 24.3 Å². The summed E-state index contributed by atoms with van der Waals surface area (Å²) >= 11 is 11.8. The van der Waals surface area contributed by atoms with Crippen LogP contribution in [0, 0.1) is 0 Å². The van der Waals surface area contributed by atoms with Crippen molar-refractivity contribution in [3.63, 3.8) is 0 Å². The van der Waals surface area contributed by atoms with Crippen molar-refractivity contribution in [1.82, 2.24) is 0 Å². The van der Waals surface area contributed by atoms with Crippen molar-refractivity contribution in [1.29, 1.82) is 0 Å². The van der Waals surface area contributed by atoms with Gasteiger partial charge in [0.2, 0.25) is 0 Å². The molecule has 0 saturated heterocycles. The van der Waals surface area contributed by atoms with Gasteiger partial charge in [0.15, 0.2) is 8.91 Å². The van der Waals surface area contributed by atoms with E-state index in [2.05, 4.69) is 41.9 Å². The zero-order valence-corrected chi connectivity index (χ0v) is 11.3. The Labute approximate surface area is 109 Å². The number of hydrogen-bond donors (Lipinski definition) is 0. The number of hydrogen-bond acceptors (Lipinski definition) is 3. The maximum Gasteiger partial charge on any atom is 0.357 e. The molecule has 6 heteroatoms. The quantitative estimate of drug-likeness (QED) is 0.360. The smallest absolute Gasteiger partial charge is 0.315 e. The van der Waals surface area contributed by atoms with Crippen LogP contribution >= 0.6 is 43.5 Å². The summed E-state index contributed by atoms with van der Waals surface area (Å²) in [5.74, 6) is -0.626. The second-order valence-corrected chi connectivity index (χ2v) is 5.52. The highest BCUT2D eigenvalue weighted by atomic mass is 79.9. The van der Waals surface area contributed by atoms with E-state index in [4.69, 9.17) is 11.6 Å². The van der Waals surface area contributed by atoms with Gasteiger partial charge in [0.05, 0.1) is 0 Å². The molecule has 0 amide bonds. The molecule has 15 heavy (non-hydrogen) atoms. The lowest BCUT2D eigenvalue weighted by Crippen LogP contribution is -2.08. The standard InChI is InChI=1S/C9H6Br2ClNO2/c10-9(11)13-15-8(14)7(12)6-4-2-1-3-5-6/h1-5,7H. The van der Waals surface area contributed by atoms with Crippen LogP contribution in [0.4, 0.5) is 0 Å². The molecule has 1 rings (SSSR count). The van der Waals surface area contributed by atoms with Gasteiger partial charge < -0.3 is 4.84 Å². The molecule has 0 N–H and O–H groups in total. The van der Waals surface area contributed by atoms with Crippen LogP contribution in [0.25, 0.3) is 0 Å². The number of halogens is 3. The first kappa shape index (κ1) is 12.7. The van der Waals surface area contributed by atoms with Gasteiger partial charge in [0.25, 0.3) is 0 Å². The fraction of sp³-hybridized carbons (Fsp3) is 0.111. The second kappa shape index (κ2) is 6.25. The SMILES string of the molecule is O=C(ON=C(Br)Br)C(Cl)c1ccccc1. The van der Waals surface area contributed by atoms with Gasteiger partial charge in [-0.2, -0.15) is 0 Å². The summed E-state index contributed by atoms with van der Waals surface area (Å²) < 4.78 is 0.292. The fourth-order valence-electron chi connectivity index (χ4n) is 0.884. The second-order valence-electron chi connectivity index (χ2n) is 2.52. The minimum absolute atomic E-state index is 0.292. The summed E-state index contributed by atoms with van der Waals surface area (Å²) in [5, 5.41) is 2.53. The molecule has 0 aromatic heterocycles. The van der Waals surface area contributed by atoms with E-state index in [9.17, 15) is 4.79 Å². The molecule has 0 spiro atoms. The van der Waals surface area contributed by atoms with Crippen LogP contribution in [0.15, 0.2) is 35.5 Å². The lowest BCUT2D eigenvalue weighted by molar-refractivity contribution is -0.143. The molecule has 0 aliphatic heterocycles. The summed E-state index contributed by atoms with van der Waals surface area (Å²) in [6.07, 6.45) is 0. The molecule has 0 radical (unpaired) electrons. The zero-order chi connectivity index (χ0) is 11.3. The highest BCUT2D eigenvalue weighted by molar-refractivity contribution is 9.39. The first-order valence-electron chi connectivity index (χ1n) is 3.90. The van der Waals surface area contributed by atoms with Crippen molar-refractivity contribution in [2.24, 2.45) is 5.16 Å². The van der Waals surface area contributed by atoms with Crippen LogP contribution < -0.4 is 0 Å². The van der Waals surface area contributed by atoms with E-state index in [0.29, 0.717) is 9.09 Å². The zero-order valence-electron chi connectivity index (χ0n) is 7.36. The van der Waals surface area contributed by atoms with Gasteiger partial charge in [-0.1, -0.05) is 35.5 Å². The van der Waals surface area contributed by atoms with Gasteiger partial charge in [0, 0.05) is 0 Å². The van der Waals surface area contributed by atoms with Crippen molar-refractivity contribution in [3.8, 4) is 0 Å². The molecule has 1 unspecified atom stereocenters. The molecular weight excluding hydrogens is 349 g/mol. The fourth-order valence-corrected chi connectivity index (χ4v) is 1.21. The lowest BCUT2D eigenvalue weighted by atomic mass is 10.1. The summed E-state index contributed by atoms with van der Waals surface area (Å²) in [4.78, 5) is 15.9. The maximum atomic E-state index is 11.3. The van der Waals surface area contributed by atoms with Crippen molar-refractivity contribution in [2.75, 3.05) is 0 Å². The third-order valence-corrected chi connectivity index (χ3v) is 2.22. The van der Waals surface area contributed by atoms with E-state index in [0.717, 1.165) is 0 Å². The summed E-state index contributed by atoms with van der Waals surface area (Å²) in [6.45, 7) is 0. The number of benzene rings is 1. The molecule has 1 aromatic rings. The Bertz CT molecular complexity index is 366. The number of alkyl halides is 1. The Hall–Kier alpha value is -0.390. The van der Waals surface area contributed by atoms with Crippen molar-refractivity contribution >= 4 is 53.0 Å². The van der Waals surface area contributed by atoms with E-state index in [1.807, 2.05) is 6.07 Å². The number of nitrogens with zero attached hydrogens (tertiary/aromatic N) is 1. The van der Waals surface area contributed by atoms with Crippen molar-refractivity contribution in [2.45, 2.75) is 5.38 Å². The highest BCUT2D eigenvalue weighted by Crippen LogP contribution is 2.21. The van der Waals surface area contributed by atoms with Gasteiger partial charge in [-0.05, 0) is 37.4 Å². The van der Waals surface area contributed by atoms with Crippen LogP contribution in [-0.4, -0.2) is 9.50 Å². The molecule has 0 fully saturated rings. The Kier molecular flexibility index (Phi) is 5.28. The monoisotopic (exact) mass is 353 g/mol. The molecule has 3 nitrogen and oxygen atoms in total. The summed E-state index contributed by atoms with van der Waals surface area (Å²) in [5.41, 5.74) is 0.671. The molecule has 1 atom stereocenters. The molecule has 0 aliphatic carbocycles. The first-order chi connectivity index (χ1) is 7.11. The van der Waals surface area contributed by atoms with Gasteiger partial charge in [0.1, 0.15) is 0 Å². The highest BCUT2D eigenvalue weighted by Gasteiger charge is 2.19. The molecule has 0 aliphatic rings. The summed E-state index contributed by atoms with van der Waals surface area (Å²) in [7, 11) is 0. The number of carbonyl (C=O) groups excluding carboxylic acids is 1. The van der Waals surface area contributed by atoms with Crippen LogP contribution in [0.3, 0.4) is 0 Å². The Morgan fingerprint density at radius 3 is 2.47 bits per heavy atom. The molecule has 0 saturated carbocycles. The third kappa shape index (κ3) is 4.32. The Morgan fingerprint density at radius 2 is 1.93 bits per heavy atom.